The maximum atomic E-state index is 12.4. The first-order valence-corrected chi connectivity index (χ1v) is 14.0. The molecule has 1 unspecified atom stereocenters. The Kier molecular flexibility index (Phi) is 8.52. The minimum Gasteiger partial charge on any atom is -0.495 e. The summed E-state index contributed by atoms with van der Waals surface area (Å²) in [5, 5.41) is 2.82. The van der Waals surface area contributed by atoms with Gasteiger partial charge in [0, 0.05) is 63.4 Å². The lowest BCUT2D eigenvalue weighted by Gasteiger charge is -2.40. The van der Waals surface area contributed by atoms with Gasteiger partial charge in [-0.15, -0.1) is 0 Å². The Morgan fingerprint density at radius 2 is 1.97 bits per heavy atom. The average molecular weight is 537 g/mol. The zero-order valence-corrected chi connectivity index (χ0v) is 23.5. The second kappa shape index (κ2) is 12.2. The number of carbonyl (C=O) groups is 1. The topological polar surface area (TPSA) is 93.5 Å². The molecule has 4 heterocycles. The lowest BCUT2D eigenvalue weighted by molar-refractivity contribution is 0.0320. The quantitative estimate of drug-likeness (QED) is 0.441. The molecule has 2 fully saturated rings. The van der Waals surface area contributed by atoms with Gasteiger partial charge in [-0.05, 0) is 45.2 Å². The van der Waals surface area contributed by atoms with E-state index in [0.717, 1.165) is 93.5 Å². The summed E-state index contributed by atoms with van der Waals surface area (Å²) in [7, 11) is 1.59. The van der Waals surface area contributed by atoms with Gasteiger partial charge in [0.15, 0.2) is 0 Å². The molecule has 0 radical (unpaired) electrons. The van der Waals surface area contributed by atoms with Crippen LogP contribution < -0.4 is 15.0 Å². The van der Waals surface area contributed by atoms with Crippen LogP contribution in [0.1, 0.15) is 45.2 Å². The fourth-order valence-electron chi connectivity index (χ4n) is 5.67. The van der Waals surface area contributed by atoms with E-state index in [-0.39, 0.29) is 6.10 Å². The van der Waals surface area contributed by atoms with Gasteiger partial charge in [0.25, 0.3) is 0 Å². The Labute approximate surface area is 230 Å². The van der Waals surface area contributed by atoms with E-state index in [0.29, 0.717) is 17.5 Å². The van der Waals surface area contributed by atoms with Crippen LogP contribution in [0, 0.1) is 6.92 Å². The number of nitrogens with zero attached hydrogens (tertiary/aromatic N) is 5. The molecular formula is C29H40N6O4. The van der Waals surface area contributed by atoms with Crippen LogP contribution in [-0.2, 0) is 9.47 Å². The third kappa shape index (κ3) is 5.96. The summed E-state index contributed by atoms with van der Waals surface area (Å²) < 4.78 is 18.8. The van der Waals surface area contributed by atoms with Crippen LogP contribution >= 0.6 is 0 Å². The highest BCUT2D eigenvalue weighted by molar-refractivity contribution is 5.89. The van der Waals surface area contributed by atoms with Crippen LogP contribution in [0.4, 0.5) is 16.4 Å². The minimum atomic E-state index is -0.489. The van der Waals surface area contributed by atoms with Gasteiger partial charge in [-0.2, -0.15) is 0 Å². The molecule has 1 atom stereocenters. The fraction of sp³-hybridized carbons (Fsp3) is 0.552. The van der Waals surface area contributed by atoms with Gasteiger partial charge in [0.05, 0.1) is 24.0 Å². The maximum absolute atomic E-state index is 12.4. The smallest absolute Gasteiger partial charge is 0.412 e. The number of hydrogen-bond acceptors (Lipinski definition) is 8. The van der Waals surface area contributed by atoms with Crippen LogP contribution in [0.15, 0.2) is 30.6 Å². The fourth-order valence-corrected chi connectivity index (χ4v) is 5.67. The third-order valence-electron chi connectivity index (χ3n) is 7.74. The van der Waals surface area contributed by atoms with E-state index in [4.69, 9.17) is 19.2 Å². The number of anilines is 2. The Morgan fingerprint density at radius 1 is 1.21 bits per heavy atom. The van der Waals surface area contributed by atoms with E-state index < -0.39 is 6.09 Å². The summed E-state index contributed by atoms with van der Waals surface area (Å²) in [5.74, 6) is 1.47. The number of fused-ring (bicyclic) bond motifs is 1. The molecule has 39 heavy (non-hydrogen) atoms. The highest BCUT2D eigenvalue weighted by Gasteiger charge is 2.28. The Hall–Kier alpha value is -3.37. The van der Waals surface area contributed by atoms with Crippen molar-refractivity contribution in [2.24, 2.45) is 0 Å². The minimum absolute atomic E-state index is 0.148. The van der Waals surface area contributed by atoms with E-state index in [1.54, 1.807) is 7.11 Å². The lowest BCUT2D eigenvalue weighted by atomic mass is 10.1. The van der Waals surface area contributed by atoms with Gasteiger partial charge in [-0.1, -0.05) is 19.4 Å². The molecule has 5 rings (SSSR count). The highest BCUT2D eigenvalue weighted by atomic mass is 16.6. The molecule has 2 aliphatic heterocycles. The highest BCUT2D eigenvalue weighted by Crippen LogP contribution is 2.35. The lowest BCUT2D eigenvalue weighted by Crippen LogP contribution is -2.52. The SMILES string of the molecule is CCCC(C)OC(=O)Nc1ccc(-c2nc(N3CCN(C4CCOCC4)CC3)n3ccnc(C)c23)cc1OC. The molecule has 0 saturated carbocycles. The molecule has 3 aromatic rings. The van der Waals surface area contributed by atoms with Crippen molar-refractivity contribution in [3.8, 4) is 17.0 Å². The predicted molar refractivity (Wildman–Crippen MR) is 152 cm³/mol. The molecule has 1 N–H and O–H groups in total. The predicted octanol–water partition coefficient (Wildman–Crippen LogP) is 4.75. The standard InChI is InChI=1S/C29H40N6O4/c1-5-6-20(2)39-29(36)31-24-8-7-22(19-25(24)37-4)26-27-21(3)30-11-12-35(27)28(32-26)34-15-13-33(14-16-34)23-9-17-38-18-10-23/h7-8,11-12,19-20,23H,5-6,9-10,13-18H2,1-4H3,(H,31,36). The van der Waals surface area contributed by atoms with E-state index in [9.17, 15) is 4.79 Å². The second-order valence-corrected chi connectivity index (χ2v) is 10.4. The Balaban J connectivity index is 1.39. The number of amides is 1. The number of methoxy groups -OCH3 is 1. The van der Waals surface area contributed by atoms with E-state index in [1.165, 1.54) is 0 Å². The number of hydrogen-bond donors (Lipinski definition) is 1. The van der Waals surface area contributed by atoms with E-state index >= 15 is 0 Å². The Morgan fingerprint density at radius 3 is 2.69 bits per heavy atom. The van der Waals surface area contributed by atoms with E-state index in [2.05, 4.69) is 31.4 Å². The van der Waals surface area contributed by atoms with Crippen molar-refractivity contribution in [1.82, 2.24) is 19.3 Å². The van der Waals surface area contributed by atoms with Crippen molar-refractivity contribution in [2.45, 2.75) is 58.6 Å². The number of nitrogens with one attached hydrogen (secondary N) is 1. The molecular weight excluding hydrogens is 496 g/mol. The summed E-state index contributed by atoms with van der Waals surface area (Å²) >= 11 is 0. The van der Waals surface area contributed by atoms with Gasteiger partial charge in [0.1, 0.15) is 17.5 Å². The third-order valence-corrected chi connectivity index (χ3v) is 7.74. The maximum Gasteiger partial charge on any atom is 0.412 e. The van der Waals surface area contributed by atoms with Gasteiger partial charge >= 0.3 is 6.09 Å². The van der Waals surface area contributed by atoms with E-state index in [1.807, 2.05) is 44.4 Å². The average Bonchev–Trinajstić information content (AvgIpc) is 3.35. The summed E-state index contributed by atoms with van der Waals surface area (Å²) in [5.41, 5.74) is 4.16. The number of benzene rings is 1. The van der Waals surface area contributed by atoms with Crippen molar-refractivity contribution in [3.63, 3.8) is 0 Å². The summed E-state index contributed by atoms with van der Waals surface area (Å²) in [4.78, 5) is 27.1. The van der Waals surface area contributed by atoms with Crippen LogP contribution in [0.3, 0.4) is 0 Å². The molecule has 10 heteroatoms. The first kappa shape index (κ1) is 27.2. The summed E-state index contributed by atoms with van der Waals surface area (Å²) in [6.45, 7) is 11.6. The van der Waals surface area contributed by atoms with Crippen molar-refractivity contribution in [1.29, 1.82) is 0 Å². The molecule has 1 aromatic carbocycles. The number of ether oxygens (including phenoxy) is 3. The van der Waals surface area contributed by atoms with Crippen molar-refractivity contribution in [3.05, 3.63) is 36.3 Å². The van der Waals surface area contributed by atoms with Crippen molar-refractivity contribution >= 4 is 23.2 Å². The molecule has 210 valence electrons. The molecule has 2 aromatic heterocycles. The van der Waals surface area contributed by atoms with Crippen molar-refractivity contribution < 1.29 is 19.0 Å². The first-order valence-electron chi connectivity index (χ1n) is 14.0. The molecule has 1 amide bonds. The molecule has 10 nitrogen and oxygen atoms in total. The molecule has 2 aliphatic rings. The van der Waals surface area contributed by atoms with Gasteiger partial charge < -0.3 is 19.1 Å². The van der Waals surface area contributed by atoms with Crippen LogP contribution in [0.2, 0.25) is 0 Å². The number of aryl methyl sites for hydroxylation is 1. The summed E-state index contributed by atoms with van der Waals surface area (Å²) in [6, 6.07) is 6.32. The monoisotopic (exact) mass is 536 g/mol. The molecule has 0 bridgehead atoms. The van der Waals surface area contributed by atoms with Gasteiger partial charge in [-0.25, -0.2) is 9.78 Å². The zero-order chi connectivity index (χ0) is 27.4. The molecule has 0 aliphatic carbocycles. The number of imidazole rings is 1. The molecule has 0 spiro atoms. The Bertz CT molecular complexity index is 1280. The van der Waals surface area contributed by atoms with Crippen LogP contribution in [0.25, 0.3) is 16.8 Å². The van der Waals surface area contributed by atoms with Crippen LogP contribution in [0.5, 0.6) is 5.75 Å². The largest absolute Gasteiger partial charge is 0.495 e. The number of aromatic nitrogens is 3. The summed E-state index contributed by atoms with van der Waals surface area (Å²) in [6.07, 6.45) is 7.17. The number of piperazine rings is 1. The van der Waals surface area contributed by atoms with Crippen LogP contribution in [-0.4, -0.2) is 84.0 Å². The van der Waals surface area contributed by atoms with Crippen molar-refractivity contribution in [2.75, 3.05) is 56.7 Å². The van der Waals surface area contributed by atoms with Gasteiger partial charge in [-0.3, -0.25) is 19.6 Å². The normalized spacial score (nSPS) is 17.8. The molecule has 2 saturated heterocycles. The first-order chi connectivity index (χ1) is 19.0. The second-order valence-electron chi connectivity index (χ2n) is 10.4. The number of carbonyl (C=O) groups excluding carboxylic acids is 1. The number of rotatable bonds is 8. The van der Waals surface area contributed by atoms with Gasteiger partial charge in [0.2, 0.25) is 5.95 Å². The zero-order valence-electron chi connectivity index (χ0n) is 23.5.